The summed E-state index contributed by atoms with van der Waals surface area (Å²) in [4.78, 5) is 8.53. The average molecular weight is 308 g/mol. The number of nitrogen functional groups attached to an aromatic ring is 1. The van der Waals surface area contributed by atoms with E-state index in [1.807, 2.05) is 32.0 Å². The Morgan fingerprint density at radius 3 is 2.48 bits per heavy atom. The molecule has 0 amide bonds. The van der Waals surface area contributed by atoms with Gasteiger partial charge in [0.1, 0.15) is 12.0 Å². The smallest absolute Gasteiger partial charge is 0.182 e. The topological polar surface area (TPSA) is 81.7 Å². The summed E-state index contributed by atoms with van der Waals surface area (Å²) in [6, 6.07) is 10.2. The van der Waals surface area contributed by atoms with Crippen molar-refractivity contribution in [2.45, 2.75) is 27.2 Å². The first-order chi connectivity index (χ1) is 11.1. The van der Waals surface area contributed by atoms with E-state index < -0.39 is 0 Å². The highest BCUT2D eigenvalue weighted by atomic mass is 15.3. The summed E-state index contributed by atoms with van der Waals surface area (Å²) in [7, 11) is 0. The Kier molecular flexibility index (Phi) is 3.97. The van der Waals surface area contributed by atoms with Gasteiger partial charge in [0, 0.05) is 11.4 Å². The molecule has 0 aliphatic heterocycles. The molecule has 1 aromatic carbocycles. The molecule has 0 atom stereocenters. The highest BCUT2D eigenvalue weighted by Crippen LogP contribution is 2.25. The van der Waals surface area contributed by atoms with Crippen molar-refractivity contribution < 1.29 is 0 Å². The summed E-state index contributed by atoms with van der Waals surface area (Å²) >= 11 is 0. The second-order valence-corrected chi connectivity index (χ2v) is 5.47. The van der Waals surface area contributed by atoms with Crippen LogP contribution in [0, 0.1) is 13.8 Å². The van der Waals surface area contributed by atoms with Crippen LogP contribution >= 0.6 is 0 Å². The molecule has 3 rings (SSSR count). The summed E-state index contributed by atoms with van der Waals surface area (Å²) < 4.78 is 1.73. The average Bonchev–Trinajstić information content (AvgIpc) is 2.88. The van der Waals surface area contributed by atoms with Gasteiger partial charge < -0.3 is 11.1 Å². The van der Waals surface area contributed by atoms with E-state index in [1.54, 1.807) is 4.68 Å². The number of benzene rings is 1. The predicted octanol–water partition coefficient (Wildman–Crippen LogP) is 3.17. The van der Waals surface area contributed by atoms with Crippen LogP contribution in [0.15, 0.2) is 36.7 Å². The number of anilines is 3. The largest absolute Gasteiger partial charge is 0.393 e. The second-order valence-electron chi connectivity index (χ2n) is 5.47. The lowest BCUT2D eigenvalue weighted by atomic mass is 10.1. The lowest BCUT2D eigenvalue weighted by Gasteiger charge is -2.12. The number of rotatable bonds is 4. The summed E-state index contributed by atoms with van der Waals surface area (Å²) in [6.07, 6.45) is 2.50. The van der Waals surface area contributed by atoms with E-state index in [9.17, 15) is 0 Å². The third kappa shape index (κ3) is 3.01. The van der Waals surface area contributed by atoms with E-state index in [0.29, 0.717) is 17.3 Å². The fourth-order valence-corrected chi connectivity index (χ4v) is 2.46. The third-order valence-electron chi connectivity index (χ3n) is 3.70. The van der Waals surface area contributed by atoms with Crippen molar-refractivity contribution in [3.05, 3.63) is 53.6 Å². The molecule has 0 saturated heterocycles. The Balaban J connectivity index is 1.94. The van der Waals surface area contributed by atoms with Gasteiger partial charge in [0.2, 0.25) is 0 Å². The van der Waals surface area contributed by atoms with Crippen LogP contribution in [-0.2, 0) is 6.42 Å². The fourth-order valence-electron chi connectivity index (χ4n) is 2.46. The quantitative estimate of drug-likeness (QED) is 0.773. The molecule has 0 aliphatic carbocycles. The molecule has 6 nitrogen and oxygen atoms in total. The Labute approximate surface area is 135 Å². The molecular formula is C17H20N6. The molecule has 0 bridgehead atoms. The van der Waals surface area contributed by atoms with Crippen LogP contribution in [0.4, 0.5) is 17.2 Å². The van der Waals surface area contributed by atoms with Crippen LogP contribution in [0.3, 0.4) is 0 Å². The maximum Gasteiger partial charge on any atom is 0.182 e. The first kappa shape index (κ1) is 15.0. The standard InChI is InChI=1S/C17H20N6/c1-4-13-5-7-14(8-6-13)21-16-15(18)17(20-10-19-16)23-12(3)9-11(2)22-23/h5-10H,4,18H2,1-3H3,(H,19,20,21). The number of aromatic nitrogens is 4. The number of aryl methyl sites for hydroxylation is 3. The van der Waals surface area contributed by atoms with Crippen LogP contribution in [0.2, 0.25) is 0 Å². The highest BCUT2D eigenvalue weighted by Gasteiger charge is 2.13. The van der Waals surface area contributed by atoms with Gasteiger partial charge in [0.15, 0.2) is 11.6 Å². The second kappa shape index (κ2) is 6.08. The molecule has 118 valence electrons. The van der Waals surface area contributed by atoms with Gasteiger partial charge in [-0.1, -0.05) is 19.1 Å². The molecule has 3 aromatic rings. The normalized spacial score (nSPS) is 10.7. The minimum Gasteiger partial charge on any atom is -0.393 e. The van der Waals surface area contributed by atoms with E-state index in [2.05, 4.69) is 39.4 Å². The van der Waals surface area contributed by atoms with Crippen molar-refractivity contribution in [2.24, 2.45) is 0 Å². The molecular weight excluding hydrogens is 288 g/mol. The van der Waals surface area contributed by atoms with Crippen molar-refractivity contribution >= 4 is 17.2 Å². The predicted molar refractivity (Wildman–Crippen MR) is 92.1 cm³/mol. The van der Waals surface area contributed by atoms with Gasteiger partial charge in [0.25, 0.3) is 0 Å². The molecule has 0 fully saturated rings. The molecule has 3 N–H and O–H groups in total. The zero-order chi connectivity index (χ0) is 16.4. The Hall–Kier alpha value is -2.89. The van der Waals surface area contributed by atoms with Crippen LogP contribution in [-0.4, -0.2) is 19.7 Å². The molecule has 2 aromatic heterocycles. The van der Waals surface area contributed by atoms with E-state index in [-0.39, 0.29) is 0 Å². The van der Waals surface area contributed by atoms with Crippen molar-refractivity contribution in [3.8, 4) is 5.82 Å². The maximum absolute atomic E-state index is 6.25. The van der Waals surface area contributed by atoms with Crippen LogP contribution in [0.5, 0.6) is 0 Å². The van der Waals surface area contributed by atoms with Crippen molar-refractivity contribution in [3.63, 3.8) is 0 Å². The van der Waals surface area contributed by atoms with E-state index in [0.717, 1.165) is 23.5 Å². The third-order valence-corrected chi connectivity index (χ3v) is 3.70. The summed E-state index contributed by atoms with van der Waals surface area (Å²) in [5.74, 6) is 1.16. The molecule has 0 spiro atoms. The minimum absolute atomic E-state index is 0.471. The first-order valence-corrected chi connectivity index (χ1v) is 7.58. The number of hydrogen-bond donors (Lipinski definition) is 2. The van der Waals surface area contributed by atoms with Crippen molar-refractivity contribution in [1.29, 1.82) is 0 Å². The van der Waals surface area contributed by atoms with E-state index in [1.165, 1.54) is 11.9 Å². The van der Waals surface area contributed by atoms with E-state index in [4.69, 9.17) is 5.73 Å². The number of nitrogens with zero attached hydrogens (tertiary/aromatic N) is 4. The van der Waals surface area contributed by atoms with Crippen LogP contribution < -0.4 is 11.1 Å². The van der Waals surface area contributed by atoms with Gasteiger partial charge in [-0.15, -0.1) is 0 Å². The Morgan fingerprint density at radius 2 is 1.87 bits per heavy atom. The molecule has 0 saturated carbocycles. The van der Waals surface area contributed by atoms with E-state index >= 15 is 0 Å². The highest BCUT2D eigenvalue weighted by molar-refractivity contribution is 5.74. The Morgan fingerprint density at radius 1 is 1.13 bits per heavy atom. The summed E-state index contributed by atoms with van der Waals surface area (Å²) in [5, 5.41) is 7.67. The fraction of sp³-hybridized carbons (Fsp3) is 0.235. The van der Waals surface area contributed by atoms with Gasteiger partial charge in [-0.2, -0.15) is 5.10 Å². The molecule has 2 heterocycles. The van der Waals surface area contributed by atoms with Gasteiger partial charge in [-0.05, 0) is 44.0 Å². The molecule has 0 aliphatic rings. The SMILES string of the molecule is CCc1ccc(Nc2ncnc(-n3nc(C)cc3C)c2N)cc1. The summed E-state index contributed by atoms with van der Waals surface area (Å²) in [5.41, 5.74) is 10.8. The van der Waals surface area contributed by atoms with Crippen molar-refractivity contribution in [1.82, 2.24) is 19.7 Å². The van der Waals surface area contributed by atoms with Crippen molar-refractivity contribution in [2.75, 3.05) is 11.1 Å². The first-order valence-electron chi connectivity index (χ1n) is 7.58. The van der Waals surface area contributed by atoms with Gasteiger partial charge in [-0.25, -0.2) is 14.6 Å². The Bertz CT molecular complexity index is 820. The monoisotopic (exact) mass is 308 g/mol. The molecule has 6 heteroatoms. The minimum atomic E-state index is 0.471. The number of nitrogens with one attached hydrogen (secondary N) is 1. The van der Waals surface area contributed by atoms with Gasteiger partial charge >= 0.3 is 0 Å². The lowest BCUT2D eigenvalue weighted by molar-refractivity contribution is 0.804. The van der Waals surface area contributed by atoms with Crippen LogP contribution in [0.1, 0.15) is 23.9 Å². The zero-order valence-electron chi connectivity index (χ0n) is 13.5. The van der Waals surface area contributed by atoms with Gasteiger partial charge in [0.05, 0.1) is 5.69 Å². The number of nitrogens with two attached hydrogens (primary N) is 1. The molecule has 23 heavy (non-hydrogen) atoms. The maximum atomic E-state index is 6.25. The molecule has 0 unspecified atom stereocenters. The number of hydrogen-bond acceptors (Lipinski definition) is 5. The van der Waals surface area contributed by atoms with Gasteiger partial charge in [-0.3, -0.25) is 0 Å². The lowest BCUT2D eigenvalue weighted by Crippen LogP contribution is -2.09. The summed E-state index contributed by atoms with van der Waals surface area (Å²) in [6.45, 7) is 6.04. The molecule has 0 radical (unpaired) electrons. The zero-order valence-corrected chi connectivity index (χ0v) is 13.5. The van der Waals surface area contributed by atoms with Crippen LogP contribution in [0.25, 0.3) is 5.82 Å².